The second-order valence-electron chi connectivity index (χ2n) is 7.75. The van der Waals surface area contributed by atoms with Gasteiger partial charge in [0.25, 0.3) is 0 Å². The summed E-state index contributed by atoms with van der Waals surface area (Å²) in [6.07, 6.45) is 2.22. The van der Waals surface area contributed by atoms with Gasteiger partial charge in [-0.1, -0.05) is 34.6 Å². The quantitative estimate of drug-likeness (QED) is 0.748. The predicted molar refractivity (Wildman–Crippen MR) is 83.8 cm³/mol. The molecule has 1 saturated heterocycles. The van der Waals surface area contributed by atoms with E-state index in [1.807, 2.05) is 18.7 Å². The summed E-state index contributed by atoms with van der Waals surface area (Å²) in [5.41, 5.74) is -0.126. The number of amides is 1. The molecule has 122 valence electrons. The number of esters is 1. The van der Waals surface area contributed by atoms with Gasteiger partial charge in [-0.2, -0.15) is 0 Å². The first-order chi connectivity index (χ1) is 9.54. The minimum absolute atomic E-state index is 0.0198. The Kier molecular flexibility index (Phi) is 5.46. The Morgan fingerprint density at radius 2 is 1.86 bits per heavy atom. The highest BCUT2D eigenvalue weighted by Gasteiger charge is 2.49. The van der Waals surface area contributed by atoms with Crippen molar-refractivity contribution < 1.29 is 14.3 Å². The van der Waals surface area contributed by atoms with Crippen LogP contribution in [-0.4, -0.2) is 36.0 Å². The Hall–Kier alpha value is -1.06. The van der Waals surface area contributed by atoms with Gasteiger partial charge >= 0.3 is 5.97 Å². The molecule has 0 aromatic carbocycles. The Morgan fingerprint density at radius 1 is 1.29 bits per heavy atom. The van der Waals surface area contributed by atoms with Crippen molar-refractivity contribution in [1.82, 2.24) is 4.90 Å². The average Bonchev–Trinajstić information content (AvgIpc) is 2.77. The van der Waals surface area contributed by atoms with Crippen LogP contribution in [0.3, 0.4) is 0 Å². The van der Waals surface area contributed by atoms with E-state index in [4.69, 9.17) is 4.74 Å². The van der Waals surface area contributed by atoms with Gasteiger partial charge in [-0.05, 0) is 31.1 Å². The van der Waals surface area contributed by atoms with Crippen LogP contribution in [0, 0.1) is 17.3 Å². The minimum atomic E-state index is -0.307. The molecule has 0 saturated carbocycles. The Balaban J connectivity index is 3.00. The van der Waals surface area contributed by atoms with E-state index in [1.165, 1.54) is 7.11 Å². The molecule has 0 aromatic heterocycles. The fourth-order valence-corrected chi connectivity index (χ4v) is 3.17. The Bertz CT molecular complexity index is 397. The Morgan fingerprint density at radius 3 is 2.29 bits per heavy atom. The number of hydrogen-bond acceptors (Lipinski definition) is 3. The summed E-state index contributed by atoms with van der Waals surface area (Å²) >= 11 is 0. The fraction of sp³-hybridized carbons (Fsp3) is 0.882. The molecule has 0 N–H and O–H groups in total. The molecule has 0 bridgehead atoms. The fourth-order valence-electron chi connectivity index (χ4n) is 3.17. The van der Waals surface area contributed by atoms with Crippen LogP contribution in [0.15, 0.2) is 0 Å². The van der Waals surface area contributed by atoms with Gasteiger partial charge in [0.2, 0.25) is 5.91 Å². The van der Waals surface area contributed by atoms with E-state index in [2.05, 4.69) is 27.7 Å². The van der Waals surface area contributed by atoms with Crippen LogP contribution < -0.4 is 0 Å². The number of rotatable bonds is 4. The molecule has 0 radical (unpaired) electrons. The van der Waals surface area contributed by atoms with Crippen LogP contribution in [0.5, 0.6) is 0 Å². The van der Waals surface area contributed by atoms with Gasteiger partial charge in [0, 0.05) is 12.1 Å². The smallest absolute Gasteiger partial charge is 0.306 e. The lowest BCUT2D eigenvalue weighted by Gasteiger charge is -2.47. The van der Waals surface area contributed by atoms with Gasteiger partial charge in [-0.15, -0.1) is 0 Å². The third-order valence-corrected chi connectivity index (χ3v) is 5.26. The number of ether oxygens (including phenoxy) is 1. The van der Waals surface area contributed by atoms with Crippen LogP contribution >= 0.6 is 0 Å². The van der Waals surface area contributed by atoms with Crippen molar-refractivity contribution in [2.75, 3.05) is 13.7 Å². The maximum absolute atomic E-state index is 13.0. The predicted octanol–water partition coefficient (Wildman–Crippen LogP) is 3.25. The molecular formula is C17H31NO3. The first-order valence-electron chi connectivity index (χ1n) is 7.93. The van der Waals surface area contributed by atoms with Gasteiger partial charge in [0.15, 0.2) is 0 Å². The van der Waals surface area contributed by atoms with Crippen molar-refractivity contribution in [2.24, 2.45) is 17.3 Å². The summed E-state index contributed by atoms with van der Waals surface area (Å²) in [6.45, 7) is 13.5. The number of methoxy groups -OCH3 is 1. The van der Waals surface area contributed by atoms with Gasteiger partial charge in [-0.3, -0.25) is 9.59 Å². The van der Waals surface area contributed by atoms with Crippen molar-refractivity contribution in [3.05, 3.63) is 0 Å². The number of carbonyl (C=O) groups is 2. The molecule has 21 heavy (non-hydrogen) atoms. The third-order valence-electron chi connectivity index (χ3n) is 5.26. The molecule has 4 nitrogen and oxygen atoms in total. The first-order valence-corrected chi connectivity index (χ1v) is 7.93. The zero-order valence-electron chi connectivity index (χ0n) is 14.7. The summed E-state index contributed by atoms with van der Waals surface area (Å²) in [5.74, 6) is -0.373. The van der Waals surface area contributed by atoms with Gasteiger partial charge < -0.3 is 9.64 Å². The second-order valence-corrected chi connectivity index (χ2v) is 7.75. The molecular weight excluding hydrogens is 266 g/mol. The lowest BCUT2D eigenvalue weighted by atomic mass is 9.72. The summed E-state index contributed by atoms with van der Waals surface area (Å²) in [4.78, 5) is 26.6. The molecule has 1 aliphatic heterocycles. The van der Waals surface area contributed by atoms with Gasteiger partial charge in [-0.25, -0.2) is 0 Å². The maximum atomic E-state index is 13.0. The molecule has 1 rings (SSSR count). The first kappa shape index (κ1) is 18.0. The molecule has 0 spiro atoms. The zero-order chi connectivity index (χ0) is 16.4. The third kappa shape index (κ3) is 3.58. The number of carbonyl (C=O) groups excluding carboxylic acids is 2. The van der Waals surface area contributed by atoms with E-state index in [9.17, 15) is 9.59 Å². The van der Waals surface area contributed by atoms with Crippen molar-refractivity contribution in [1.29, 1.82) is 0 Å². The van der Waals surface area contributed by atoms with Crippen LogP contribution in [0.2, 0.25) is 0 Å². The Labute approximate surface area is 129 Å². The average molecular weight is 297 g/mol. The minimum Gasteiger partial charge on any atom is -0.469 e. The van der Waals surface area contributed by atoms with Crippen molar-refractivity contribution in [2.45, 2.75) is 66.3 Å². The van der Waals surface area contributed by atoms with Crippen molar-refractivity contribution in [3.8, 4) is 0 Å². The standard InChI is InChI=1S/C17H31NO3/c1-12(2)13(11-14(19)21-7)15(20)18-10-8-9-17(18,6)16(3,4)5/h12-13H,8-11H2,1-7H3. The van der Waals surface area contributed by atoms with Crippen molar-refractivity contribution >= 4 is 11.9 Å². The summed E-state index contributed by atoms with van der Waals surface area (Å²) in [7, 11) is 1.37. The van der Waals surface area contributed by atoms with E-state index in [1.54, 1.807) is 0 Å². The molecule has 1 heterocycles. The monoisotopic (exact) mass is 297 g/mol. The van der Waals surface area contributed by atoms with Crippen molar-refractivity contribution in [3.63, 3.8) is 0 Å². The summed E-state index contributed by atoms with van der Waals surface area (Å²) < 4.78 is 4.75. The molecule has 2 atom stereocenters. The lowest BCUT2D eigenvalue weighted by molar-refractivity contribution is -0.151. The van der Waals surface area contributed by atoms with E-state index >= 15 is 0 Å². The zero-order valence-corrected chi connectivity index (χ0v) is 14.7. The number of likely N-dealkylation sites (tertiary alicyclic amines) is 1. The summed E-state index contributed by atoms with van der Waals surface area (Å²) in [6, 6.07) is 0. The lowest BCUT2D eigenvalue weighted by Crippen LogP contribution is -2.55. The molecule has 2 unspecified atom stereocenters. The molecule has 0 aromatic rings. The molecule has 4 heteroatoms. The van der Waals surface area contributed by atoms with Crippen LogP contribution in [-0.2, 0) is 14.3 Å². The highest BCUT2D eigenvalue weighted by atomic mass is 16.5. The second kappa shape index (κ2) is 6.37. The number of nitrogens with zero attached hydrogens (tertiary/aromatic N) is 1. The molecule has 0 aliphatic carbocycles. The molecule has 1 aliphatic rings. The van der Waals surface area contributed by atoms with Crippen LogP contribution in [0.1, 0.15) is 60.8 Å². The molecule has 1 amide bonds. The largest absolute Gasteiger partial charge is 0.469 e. The van der Waals surface area contributed by atoms with Gasteiger partial charge in [0.05, 0.1) is 19.4 Å². The van der Waals surface area contributed by atoms with E-state index in [0.717, 1.165) is 19.4 Å². The SMILES string of the molecule is COC(=O)CC(C(=O)N1CCCC1(C)C(C)(C)C)C(C)C. The number of hydrogen-bond donors (Lipinski definition) is 0. The summed E-state index contributed by atoms with van der Waals surface area (Å²) in [5, 5.41) is 0. The van der Waals surface area contributed by atoms with E-state index in [-0.39, 0.29) is 41.1 Å². The van der Waals surface area contributed by atoms with Crippen LogP contribution in [0.25, 0.3) is 0 Å². The highest BCUT2D eigenvalue weighted by Crippen LogP contribution is 2.44. The van der Waals surface area contributed by atoms with Crippen LogP contribution in [0.4, 0.5) is 0 Å². The highest BCUT2D eigenvalue weighted by molar-refractivity contribution is 5.84. The van der Waals surface area contributed by atoms with E-state index in [0.29, 0.717) is 0 Å². The van der Waals surface area contributed by atoms with E-state index < -0.39 is 0 Å². The normalized spacial score (nSPS) is 24.3. The topological polar surface area (TPSA) is 46.6 Å². The van der Waals surface area contributed by atoms with Gasteiger partial charge in [0.1, 0.15) is 0 Å². The molecule has 1 fully saturated rings. The maximum Gasteiger partial charge on any atom is 0.306 e.